The number of nitrogens with one attached hydrogen (secondary N) is 1. The molecule has 1 aromatic rings. The lowest BCUT2D eigenvalue weighted by molar-refractivity contribution is -0.384. The predicted molar refractivity (Wildman–Crippen MR) is 69.6 cm³/mol. The van der Waals surface area contributed by atoms with Gasteiger partial charge in [0.2, 0.25) is 0 Å². The maximum Gasteiger partial charge on any atom is 0.270 e. The van der Waals surface area contributed by atoms with Gasteiger partial charge < -0.3 is 10.2 Å². The van der Waals surface area contributed by atoms with E-state index in [-0.39, 0.29) is 11.6 Å². The molecule has 0 unspecified atom stereocenters. The molecule has 1 aliphatic rings. The Morgan fingerprint density at radius 2 is 2.06 bits per heavy atom. The van der Waals surface area contributed by atoms with E-state index in [4.69, 9.17) is 0 Å². The van der Waals surface area contributed by atoms with E-state index in [1.54, 1.807) is 4.90 Å². The maximum atomic E-state index is 12.2. The number of piperazine rings is 1. The zero-order valence-electron chi connectivity index (χ0n) is 9.56. The molecule has 0 radical (unpaired) electrons. The van der Waals surface area contributed by atoms with Gasteiger partial charge in [-0.3, -0.25) is 14.9 Å². The molecule has 1 saturated heterocycles. The van der Waals surface area contributed by atoms with Crippen molar-refractivity contribution in [2.45, 2.75) is 0 Å². The van der Waals surface area contributed by atoms with Crippen LogP contribution < -0.4 is 5.32 Å². The summed E-state index contributed by atoms with van der Waals surface area (Å²) in [6.07, 6.45) is 0. The Kier molecular flexibility index (Phi) is 3.93. The van der Waals surface area contributed by atoms with E-state index < -0.39 is 4.92 Å². The molecule has 0 aromatic heterocycles. The average molecular weight is 314 g/mol. The van der Waals surface area contributed by atoms with E-state index in [1.165, 1.54) is 18.2 Å². The molecule has 96 valence electrons. The number of carbonyl (C=O) groups excluding carboxylic acids is 1. The number of carbonyl (C=O) groups is 1. The van der Waals surface area contributed by atoms with Crippen LogP contribution in [-0.2, 0) is 0 Å². The first kappa shape index (κ1) is 13.0. The first-order chi connectivity index (χ1) is 8.59. The minimum atomic E-state index is -0.482. The van der Waals surface area contributed by atoms with Gasteiger partial charge in [0.1, 0.15) is 0 Å². The summed E-state index contributed by atoms with van der Waals surface area (Å²) in [5.41, 5.74) is 0.432. The molecule has 0 spiro atoms. The number of nitro benzene ring substituents is 1. The Balaban J connectivity index is 2.22. The standard InChI is InChI=1S/C11H12BrN3O3/c12-10-7-8(15(17)18)1-2-9(10)11(16)14-5-3-13-4-6-14/h1-2,7,13H,3-6H2. The van der Waals surface area contributed by atoms with Gasteiger partial charge in [0.05, 0.1) is 10.5 Å². The monoisotopic (exact) mass is 313 g/mol. The topological polar surface area (TPSA) is 75.5 Å². The average Bonchev–Trinajstić information content (AvgIpc) is 2.38. The Labute approximate surface area is 112 Å². The van der Waals surface area contributed by atoms with Gasteiger partial charge in [-0.25, -0.2) is 0 Å². The summed E-state index contributed by atoms with van der Waals surface area (Å²) >= 11 is 3.22. The smallest absolute Gasteiger partial charge is 0.270 e. The number of amides is 1. The van der Waals surface area contributed by atoms with Crippen LogP contribution in [0.5, 0.6) is 0 Å². The Morgan fingerprint density at radius 3 is 2.61 bits per heavy atom. The highest BCUT2D eigenvalue weighted by atomic mass is 79.9. The van der Waals surface area contributed by atoms with Crippen molar-refractivity contribution in [1.82, 2.24) is 10.2 Å². The highest BCUT2D eigenvalue weighted by Crippen LogP contribution is 2.24. The molecule has 2 rings (SSSR count). The SMILES string of the molecule is O=C(c1ccc([N+](=O)[O-])cc1Br)N1CCNCC1. The van der Waals surface area contributed by atoms with Crippen LogP contribution in [0.3, 0.4) is 0 Å². The first-order valence-electron chi connectivity index (χ1n) is 5.53. The van der Waals surface area contributed by atoms with Crippen molar-refractivity contribution in [3.63, 3.8) is 0 Å². The fraction of sp³-hybridized carbons (Fsp3) is 0.364. The molecule has 18 heavy (non-hydrogen) atoms. The lowest BCUT2D eigenvalue weighted by Crippen LogP contribution is -2.46. The fourth-order valence-corrected chi connectivity index (χ4v) is 2.37. The maximum absolute atomic E-state index is 12.2. The van der Waals surface area contributed by atoms with Crippen LogP contribution in [0, 0.1) is 10.1 Å². The Bertz CT molecular complexity index is 486. The molecular weight excluding hydrogens is 302 g/mol. The van der Waals surface area contributed by atoms with Crippen LogP contribution in [0.2, 0.25) is 0 Å². The molecule has 0 aliphatic carbocycles. The fourth-order valence-electron chi connectivity index (χ4n) is 1.83. The van der Waals surface area contributed by atoms with Gasteiger partial charge in [-0.1, -0.05) is 0 Å². The summed E-state index contributed by atoms with van der Waals surface area (Å²) < 4.78 is 0.459. The summed E-state index contributed by atoms with van der Waals surface area (Å²) in [7, 11) is 0. The van der Waals surface area contributed by atoms with Crippen molar-refractivity contribution in [1.29, 1.82) is 0 Å². The van der Waals surface area contributed by atoms with E-state index in [2.05, 4.69) is 21.2 Å². The summed E-state index contributed by atoms with van der Waals surface area (Å²) in [4.78, 5) is 24.1. The molecule has 1 fully saturated rings. The van der Waals surface area contributed by atoms with Crippen molar-refractivity contribution >= 4 is 27.5 Å². The lowest BCUT2D eigenvalue weighted by atomic mass is 10.1. The number of halogens is 1. The summed E-state index contributed by atoms with van der Waals surface area (Å²) in [6, 6.07) is 4.20. The molecule has 1 aromatic carbocycles. The van der Waals surface area contributed by atoms with Crippen molar-refractivity contribution in [3.8, 4) is 0 Å². The largest absolute Gasteiger partial charge is 0.336 e. The number of hydrogen-bond donors (Lipinski definition) is 1. The Morgan fingerprint density at radius 1 is 1.39 bits per heavy atom. The number of nitro groups is 1. The zero-order chi connectivity index (χ0) is 13.1. The van der Waals surface area contributed by atoms with E-state index in [9.17, 15) is 14.9 Å². The van der Waals surface area contributed by atoms with E-state index in [1.807, 2.05) is 0 Å². The van der Waals surface area contributed by atoms with Crippen LogP contribution >= 0.6 is 15.9 Å². The molecular formula is C11H12BrN3O3. The van der Waals surface area contributed by atoms with Crippen molar-refractivity contribution in [2.24, 2.45) is 0 Å². The van der Waals surface area contributed by atoms with Crippen LogP contribution in [0.4, 0.5) is 5.69 Å². The van der Waals surface area contributed by atoms with E-state index >= 15 is 0 Å². The van der Waals surface area contributed by atoms with Gasteiger partial charge in [0.25, 0.3) is 11.6 Å². The summed E-state index contributed by atoms with van der Waals surface area (Å²) in [6.45, 7) is 2.86. The van der Waals surface area contributed by atoms with Gasteiger partial charge in [0, 0.05) is 42.8 Å². The Hall–Kier alpha value is -1.47. The van der Waals surface area contributed by atoms with Crippen molar-refractivity contribution in [3.05, 3.63) is 38.3 Å². The van der Waals surface area contributed by atoms with Crippen molar-refractivity contribution in [2.75, 3.05) is 26.2 Å². The quantitative estimate of drug-likeness (QED) is 0.661. The second-order valence-corrected chi connectivity index (χ2v) is 4.82. The second-order valence-electron chi connectivity index (χ2n) is 3.96. The molecule has 0 saturated carbocycles. The van der Waals surface area contributed by atoms with Gasteiger partial charge in [-0.2, -0.15) is 0 Å². The summed E-state index contributed by atoms with van der Waals surface area (Å²) in [5, 5.41) is 13.8. The van der Waals surface area contributed by atoms with Gasteiger partial charge >= 0.3 is 0 Å². The first-order valence-corrected chi connectivity index (χ1v) is 6.33. The molecule has 0 bridgehead atoms. The third-order valence-corrected chi connectivity index (χ3v) is 3.45. The number of hydrogen-bond acceptors (Lipinski definition) is 4. The molecule has 0 atom stereocenters. The molecule has 1 heterocycles. The van der Waals surface area contributed by atoms with Crippen LogP contribution in [0.1, 0.15) is 10.4 Å². The number of rotatable bonds is 2. The van der Waals surface area contributed by atoms with Crippen molar-refractivity contribution < 1.29 is 9.72 Å². The zero-order valence-corrected chi connectivity index (χ0v) is 11.1. The van der Waals surface area contributed by atoms with E-state index in [0.29, 0.717) is 23.1 Å². The van der Waals surface area contributed by atoms with Crippen LogP contribution in [-0.4, -0.2) is 41.9 Å². The van der Waals surface area contributed by atoms with Gasteiger partial charge in [-0.15, -0.1) is 0 Å². The highest BCUT2D eigenvalue weighted by molar-refractivity contribution is 9.10. The van der Waals surface area contributed by atoms with Crippen LogP contribution in [0.15, 0.2) is 22.7 Å². The van der Waals surface area contributed by atoms with Crippen LogP contribution in [0.25, 0.3) is 0 Å². The molecule has 1 aliphatic heterocycles. The lowest BCUT2D eigenvalue weighted by Gasteiger charge is -2.27. The summed E-state index contributed by atoms with van der Waals surface area (Å²) in [5.74, 6) is -0.0988. The molecule has 6 nitrogen and oxygen atoms in total. The molecule has 1 N–H and O–H groups in total. The molecule has 1 amide bonds. The number of non-ortho nitro benzene ring substituents is 1. The van der Waals surface area contributed by atoms with E-state index in [0.717, 1.165) is 13.1 Å². The number of nitrogens with zero attached hydrogens (tertiary/aromatic N) is 2. The molecule has 7 heteroatoms. The third-order valence-electron chi connectivity index (χ3n) is 2.80. The number of benzene rings is 1. The highest BCUT2D eigenvalue weighted by Gasteiger charge is 2.21. The minimum Gasteiger partial charge on any atom is -0.336 e. The third kappa shape index (κ3) is 2.68. The minimum absolute atomic E-state index is 0.0289. The van der Waals surface area contributed by atoms with Gasteiger partial charge in [-0.05, 0) is 22.0 Å². The normalized spacial score (nSPS) is 15.5. The second kappa shape index (κ2) is 5.45. The van der Waals surface area contributed by atoms with Gasteiger partial charge in [0.15, 0.2) is 0 Å². The predicted octanol–water partition coefficient (Wildman–Crippen LogP) is 1.40.